The molecule has 0 saturated carbocycles. The van der Waals surface area contributed by atoms with Crippen LogP contribution >= 0.6 is 11.6 Å². The number of hydrogen-bond donors (Lipinski definition) is 1. The van der Waals surface area contributed by atoms with E-state index in [4.69, 9.17) is 21.1 Å². The van der Waals surface area contributed by atoms with Gasteiger partial charge in [-0.05, 0) is 48.4 Å². The first kappa shape index (κ1) is 22.4. The second-order valence-electron chi connectivity index (χ2n) is 7.53. The van der Waals surface area contributed by atoms with Gasteiger partial charge in [-0.3, -0.25) is 14.5 Å². The lowest BCUT2D eigenvalue weighted by Crippen LogP contribution is -2.32. The maximum absolute atomic E-state index is 13.6. The largest absolute Gasteiger partial charge is 0.497 e. The van der Waals surface area contributed by atoms with Crippen LogP contribution in [-0.2, 0) is 16.1 Å². The van der Waals surface area contributed by atoms with Crippen LogP contribution in [0, 0.1) is 6.92 Å². The van der Waals surface area contributed by atoms with Gasteiger partial charge < -0.3 is 14.8 Å². The zero-order chi connectivity index (χ0) is 23.5. The fraction of sp³-hybridized carbons (Fsp3) is 0.154. The predicted molar refractivity (Wildman–Crippen MR) is 128 cm³/mol. The number of methoxy groups -OCH3 is 2. The highest BCUT2D eigenvalue weighted by Crippen LogP contribution is 2.37. The van der Waals surface area contributed by atoms with Gasteiger partial charge >= 0.3 is 0 Å². The summed E-state index contributed by atoms with van der Waals surface area (Å²) in [6, 6.07) is 19.8. The molecule has 0 spiro atoms. The van der Waals surface area contributed by atoms with Crippen molar-refractivity contribution in [3.8, 4) is 11.5 Å². The van der Waals surface area contributed by atoms with Crippen LogP contribution in [0.25, 0.3) is 5.57 Å². The fourth-order valence-electron chi connectivity index (χ4n) is 3.73. The van der Waals surface area contributed by atoms with Gasteiger partial charge in [0.1, 0.15) is 17.2 Å². The molecule has 4 rings (SSSR count). The molecule has 0 atom stereocenters. The third-order valence-electron chi connectivity index (χ3n) is 5.57. The Kier molecular flexibility index (Phi) is 6.38. The van der Waals surface area contributed by atoms with Crippen molar-refractivity contribution in [2.24, 2.45) is 0 Å². The summed E-state index contributed by atoms with van der Waals surface area (Å²) < 4.78 is 10.7. The van der Waals surface area contributed by atoms with Gasteiger partial charge in [-0.2, -0.15) is 0 Å². The van der Waals surface area contributed by atoms with Crippen molar-refractivity contribution in [3.05, 3.63) is 94.1 Å². The number of ether oxygens (including phenoxy) is 2. The number of nitrogens with one attached hydrogen (secondary N) is 1. The van der Waals surface area contributed by atoms with Crippen LogP contribution in [0.2, 0.25) is 5.02 Å². The number of para-hydroxylation sites is 1. The number of rotatable bonds is 7. The topological polar surface area (TPSA) is 67.9 Å². The van der Waals surface area contributed by atoms with Crippen molar-refractivity contribution in [1.29, 1.82) is 0 Å². The fourth-order valence-corrected chi connectivity index (χ4v) is 3.90. The summed E-state index contributed by atoms with van der Waals surface area (Å²) >= 11 is 6.28. The number of imide groups is 1. The zero-order valence-electron chi connectivity index (χ0n) is 18.5. The molecule has 3 aromatic rings. The average Bonchev–Trinajstić information content (AvgIpc) is 3.06. The van der Waals surface area contributed by atoms with E-state index in [0.717, 1.165) is 11.1 Å². The second-order valence-corrected chi connectivity index (χ2v) is 7.94. The minimum Gasteiger partial charge on any atom is -0.497 e. The molecule has 0 saturated heterocycles. The maximum Gasteiger partial charge on any atom is 0.278 e. The highest BCUT2D eigenvalue weighted by atomic mass is 35.5. The lowest BCUT2D eigenvalue weighted by Gasteiger charge is -2.16. The van der Waals surface area contributed by atoms with Crippen molar-refractivity contribution in [1.82, 2.24) is 4.90 Å². The number of benzene rings is 3. The summed E-state index contributed by atoms with van der Waals surface area (Å²) in [5, 5.41) is 3.73. The molecule has 6 nitrogen and oxygen atoms in total. The number of carbonyl (C=O) groups is 2. The molecule has 7 heteroatoms. The number of nitrogens with zero attached hydrogens (tertiary/aromatic N) is 1. The summed E-state index contributed by atoms with van der Waals surface area (Å²) in [6.07, 6.45) is 0. The first-order chi connectivity index (χ1) is 15.9. The Morgan fingerprint density at radius 3 is 2.30 bits per heavy atom. The summed E-state index contributed by atoms with van der Waals surface area (Å²) in [4.78, 5) is 28.3. The van der Waals surface area contributed by atoms with Gasteiger partial charge in [0.05, 0.1) is 26.3 Å². The molecule has 1 aliphatic heterocycles. The summed E-state index contributed by atoms with van der Waals surface area (Å²) in [5.41, 5.74) is 3.21. The number of amides is 2. The van der Waals surface area contributed by atoms with E-state index < -0.39 is 11.8 Å². The number of hydrogen-bond acceptors (Lipinski definition) is 5. The van der Waals surface area contributed by atoms with Gasteiger partial charge in [0.15, 0.2) is 0 Å². The van der Waals surface area contributed by atoms with Crippen LogP contribution in [0.3, 0.4) is 0 Å². The summed E-state index contributed by atoms with van der Waals surface area (Å²) in [6.45, 7) is 1.98. The Balaban J connectivity index is 1.78. The van der Waals surface area contributed by atoms with Gasteiger partial charge in [0.2, 0.25) is 0 Å². The molecule has 3 aromatic carbocycles. The minimum atomic E-state index is -0.420. The van der Waals surface area contributed by atoms with Crippen molar-refractivity contribution in [2.45, 2.75) is 13.5 Å². The smallest absolute Gasteiger partial charge is 0.278 e. The quantitative estimate of drug-likeness (QED) is 0.497. The minimum absolute atomic E-state index is 0.125. The molecule has 1 N–H and O–H groups in total. The molecule has 1 aliphatic rings. The van der Waals surface area contributed by atoms with Crippen molar-refractivity contribution >= 4 is 34.7 Å². The van der Waals surface area contributed by atoms with E-state index in [1.54, 1.807) is 49.6 Å². The van der Waals surface area contributed by atoms with Crippen LogP contribution in [0.4, 0.5) is 5.69 Å². The molecular formula is C26H23ClN2O4. The highest BCUT2D eigenvalue weighted by Gasteiger charge is 2.40. The molecule has 2 amide bonds. The molecule has 1 heterocycles. The van der Waals surface area contributed by atoms with Gasteiger partial charge in [0, 0.05) is 16.3 Å². The maximum atomic E-state index is 13.6. The van der Waals surface area contributed by atoms with Crippen LogP contribution < -0.4 is 14.8 Å². The van der Waals surface area contributed by atoms with Crippen molar-refractivity contribution in [2.75, 3.05) is 19.5 Å². The third-order valence-corrected chi connectivity index (χ3v) is 5.98. The molecule has 0 fully saturated rings. The van der Waals surface area contributed by atoms with Crippen LogP contribution in [0.5, 0.6) is 11.5 Å². The Bertz CT molecular complexity index is 1250. The Labute approximate surface area is 197 Å². The SMILES string of the molecule is COc1ccc(CN2C(=O)C(Nc3cccc(Cl)c3C)=C(c3ccccc3OC)C2=O)cc1. The van der Waals surface area contributed by atoms with E-state index in [1.165, 1.54) is 12.0 Å². The first-order valence-electron chi connectivity index (χ1n) is 10.3. The molecule has 0 radical (unpaired) electrons. The lowest BCUT2D eigenvalue weighted by molar-refractivity contribution is -0.137. The summed E-state index contributed by atoms with van der Waals surface area (Å²) in [7, 11) is 3.12. The van der Waals surface area contributed by atoms with Gasteiger partial charge in [-0.15, -0.1) is 0 Å². The van der Waals surface area contributed by atoms with Gasteiger partial charge in [0.25, 0.3) is 11.8 Å². The molecule has 168 valence electrons. The zero-order valence-corrected chi connectivity index (χ0v) is 19.3. The molecule has 33 heavy (non-hydrogen) atoms. The molecule has 0 bridgehead atoms. The van der Waals surface area contributed by atoms with E-state index in [2.05, 4.69) is 5.32 Å². The van der Waals surface area contributed by atoms with E-state index in [-0.39, 0.29) is 17.8 Å². The highest BCUT2D eigenvalue weighted by molar-refractivity contribution is 6.37. The number of carbonyl (C=O) groups excluding carboxylic acids is 2. The number of halogens is 1. The van der Waals surface area contributed by atoms with Crippen molar-refractivity contribution < 1.29 is 19.1 Å². The average molecular weight is 463 g/mol. The normalized spacial score (nSPS) is 13.5. The lowest BCUT2D eigenvalue weighted by atomic mass is 10.0. The predicted octanol–water partition coefficient (Wildman–Crippen LogP) is 5.06. The summed E-state index contributed by atoms with van der Waals surface area (Å²) in [5.74, 6) is 0.380. The van der Waals surface area contributed by atoms with Gasteiger partial charge in [-0.25, -0.2) is 0 Å². The van der Waals surface area contributed by atoms with E-state index in [0.29, 0.717) is 27.8 Å². The Morgan fingerprint density at radius 1 is 0.879 bits per heavy atom. The molecular weight excluding hydrogens is 440 g/mol. The van der Waals surface area contributed by atoms with Crippen LogP contribution in [-0.4, -0.2) is 30.9 Å². The van der Waals surface area contributed by atoms with Crippen LogP contribution in [0.15, 0.2) is 72.4 Å². The van der Waals surface area contributed by atoms with E-state index in [1.807, 2.05) is 31.2 Å². The number of anilines is 1. The van der Waals surface area contributed by atoms with Crippen molar-refractivity contribution in [3.63, 3.8) is 0 Å². The van der Waals surface area contributed by atoms with E-state index in [9.17, 15) is 9.59 Å². The second kappa shape index (κ2) is 9.38. The molecule has 0 aromatic heterocycles. The Morgan fingerprint density at radius 2 is 1.61 bits per heavy atom. The Hall–Kier alpha value is -3.77. The molecule has 0 aliphatic carbocycles. The van der Waals surface area contributed by atoms with E-state index >= 15 is 0 Å². The molecule has 0 unspecified atom stereocenters. The van der Waals surface area contributed by atoms with Crippen LogP contribution in [0.1, 0.15) is 16.7 Å². The first-order valence-corrected chi connectivity index (χ1v) is 10.7. The van der Waals surface area contributed by atoms with Gasteiger partial charge in [-0.1, -0.05) is 48.0 Å². The third kappa shape index (κ3) is 4.30. The standard InChI is InChI=1S/C26H23ClN2O4/c1-16-20(27)8-6-9-21(16)28-24-23(19-7-4-5-10-22(19)33-3)25(30)29(26(24)31)15-17-11-13-18(32-2)14-12-17/h4-14,28H,15H2,1-3H3. The monoisotopic (exact) mass is 462 g/mol.